The highest BCUT2D eigenvalue weighted by Gasteiger charge is 2.42. The van der Waals surface area contributed by atoms with Crippen LogP contribution in [0, 0.1) is 0 Å². The van der Waals surface area contributed by atoms with Gasteiger partial charge in [-0.25, -0.2) is 0 Å². The quantitative estimate of drug-likeness (QED) is 0.529. The highest BCUT2D eigenvalue weighted by Crippen LogP contribution is 2.31. The molecule has 0 aromatic rings. The molecule has 0 saturated carbocycles. The summed E-state index contributed by atoms with van der Waals surface area (Å²) in [5, 5.41) is 0. The molecule has 104 valence electrons. The molecule has 0 aliphatic heterocycles. The van der Waals surface area contributed by atoms with E-state index in [0.29, 0.717) is 6.26 Å². The first-order valence-electron chi connectivity index (χ1n) is 4.67. The van der Waals surface area contributed by atoms with E-state index in [1.807, 2.05) is 0 Å². The van der Waals surface area contributed by atoms with Gasteiger partial charge in [0, 0.05) is 6.16 Å². The summed E-state index contributed by atoms with van der Waals surface area (Å²) in [7, 11) is -6.79. The predicted molar refractivity (Wildman–Crippen MR) is 55.9 cm³/mol. The molecular formula is C7H14F3O5PS. The van der Waals surface area contributed by atoms with Gasteiger partial charge in [0.1, 0.15) is 0 Å². The molecule has 0 bridgehead atoms. The van der Waals surface area contributed by atoms with Crippen LogP contribution in [0.1, 0.15) is 13.3 Å². The zero-order valence-corrected chi connectivity index (χ0v) is 11.1. The largest absolute Gasteiger partial charge is 0.416 e. The van der Waals surface area contributed by atoms with Crippen molar-refractivity contribution in [1.29, 1.82) is 0 Å². The summed E-state index contributed by atoms with van der Waals surface area (Å²) < 4.78 is 77.9. The van der Waals surface area contributed by atoms with Crippen LogP contribution in [-0.4, -0.2) is 39.7 Å². The lowest BCUT2D eigenvalue weighted by molar-refractivity contribution is -0.194. The lowest BCUT2D eigenvalue weighted by Gasteiger charge is -2.18. The SMILES string of the molecule is CCO[PH](=O)CCC(OS(C)(=O)=O)C(F)(F)F. The van der Waals surface area contributed by atoms with Gasteiger partial charge < -0.3 is 4.52 Å². The average molecular weight is 298 g/mol. The minimum Gasteiger partial charge on any atom is -0.331 e. The summed E-state index contributed by atoms with van der Waals surface area (Å²) in [6.07, 6.45) is -7.87. The van der Waals surface area contributed by atoms with Crippen LogP contribution >= 0.6 is 8.03 Å². The summed E-state index contributed by atoms with van der Waals surface area (Å²) >= 11 is 0. The Labute approximate surface area is 98.3 Å². The first-order chi connectivity index (χ1) is 7.56. The molecule has 0 aliphatic rings. The van der Waals surface area contributed by atoms with Crippen LogP contribution in [0.15, 0.2) is 0 Å². The summed E-state index contributed by atoms with van der Waals surface area (Å²) in [5.41, 5.74) is 0. The highest BCUT2D eigenvalue weighted by atomic mass is 32.2. The molecule has 10 heteroatoms. The summed E-state index contributed by atoms with van der Waals surface area (Å²) in [6, 6.07) is 0. The van der Waals surface area contributed by atoms with E-state index in [-0.39, 0.29) is 12.8 Å². The molecular weight excluding hydrogens is 284 g/mol. The van der Waals surface area contributed by atoms with Crippen LogP contribution in [0.25, 0.3) is 0 Å². The van der Waals surface area contributed by atoms with Crippen molar-refractivity contribution in [1.82, 2.24) is 0 Å². The van der Waals surface area contributed by atoms with Crippen molar-refractivity contribution in [2.24, 2.45) is 0 Å². The highest BCUT2D eigenvalue weighted by molar-refractivity contribution is 7.86. The first kappa shape index (κ1) is 16.9. The molecule has 0 fully saturated rings. The van der Waals surface area contributed by atoms with Crippen molar-refractivity contribution in [2.45, 2.75) is 25.6 Å². The van der Waals surface area contributed by atoms with E-state index in [9.17, 15) is 26.2 Å². The molecule has 0 rings (SSSR count). The van der Waals surface area contributed by atoms with Gasteiger partial charge in [0.15, 0.2) is 14.1 Å². The van der Waals surface area contributed by atoms with Gasteiger partial charge in [0.05, 0.1) is 12.9 Å². The third kappa shape index (κ3) is 8.59. The van der Waals surface area contributed by atoms with E-state index in [4.69, 9.17) is 0 Å². The van der Waals surface area contributed by atoms with Gasteiger partial charge in [-0.2, -0.15) is 21.6 Å². The van der Waals surface area contributed by atoms with Gasteiger partial charge in [0.25, 0.3) is 10.1 Å². The minimum atomic E-state index is -4.82. The topological polar surface area (TPSA) is 69.7 Å². The molecule has 0 heterocycles. The van der Waals surface area contributed by atoms with Gasteiger partial charge in [-0.1, -0.05) is 0 Å². The molecule has 5 nitrogen and oxygen atoms in total. The first-order valence-corrected chi connectivity index (χ1v) is 8.01. The second-order valence-corrected chi connectivity index (χ2v) is 6.31. The summed E-state index contributed by atoms with van der Waals surface area (Å²) in [5.74, 6) is 0. The standard InChI is InChI=1S/C7H14F3O5PS/c1-3-14-16(11)5-4-6(7(8,9)10)15-17(2,12)13/h6,16H,3-5H2,1-2H3. The Morgan fingerprint density at radius 3 is 2.24 bits per heavy atom. The second-order valence-electron chi connectivity index (χ2n) is 3.17. The van der Waals surface area contributed by atoms with Crippen LogP contribution in [0.3, 0.4) is 0 Å². The van der Waals surface area contributed by atoms with E-state index >= 15 is 0 Å². The van der Waals surface area contributed by atoms with Crippen LogP contribution in [0.4, 0.5) is 13.2 Å². The molecule has 2 atom stereocenters. The fraction of sp³-hybridized carbons (Fsp3) is 1.00. The van der Waals surface area contributed by atoms with Crippen molar-refractivity contribution < 1.29 is 34.9 Å². The zero-order valence-electron chi connectivity index (χ0n) is 9.28. The van der Waals surface area contributed by atoms with Crippen molar-refractivity contribution in [3.05, 3.63) is 0 Å². The van der Waals surface area contributed by atoms with Crippen molar-refractivity contribution in [3.63, 3.8) is 0 Å². The number of rotatable bonds is 7. The van der Waals surface area contributed by atoms with Gasteiger partial charge in [-0.15, -0.1) is 0 Å². The summed E-state index contributed by atoms with van der Waals surface area (Å²) in [6.45, 7) is 1.68. The Kier molecular flexibility index (Phi) is 6.68. The molecule has 0 amide bonds. The molecule has 0 aliphatic carbocycles. The fourth-order valence-electron chi connectivity index (χ4n) is 0.959. The molecule has 2 unspecified atom stereocenters. The Morgan fingerprint density at radius 1 is 1.35 bits per heavy atom. The molecule has 0 saturated heterocycles. The van der Waals surface area contributed by atoms with E-state index in [2.05, 4.69) is 8.71 Å². The van der Waals surface area contributed by atoms with Gasteiger partial charge >= 0.3 is 6.18 Å². The second kappa shape index (κ2) is 6.72. The maximum Gasteiger partial charge on any atom is 0.416 e. The molecule has 0 radical (unpaired) electrons. The third-order valence-corrected chi connectivity index (χ3v) is 3.46. The van der Waals surface area contributed by atoms with Crippen LogP contribution < -0.4 is 0 Å². The fourth-order valence-corrected chi connectivity index (χ4v) is 2.55. The Hall–Kier alpha value is -0.110. The molecule has 0 aromatic heterocycles. The van der Waals surface area contributed by atoms with Crippen LogP contribution in [0.2, 0.25) is 0 Å². The lowest BCUT2D eigenvalue weighted by atomic mass is 10.3. The molecule has 0 spiro atoms. The van der Waals surface area contributed by atoms with Crippen LogP contribution in [-0.2, 0) is 23.4 Å². The lowest BCUT2D eigenvalue weighted by Crippen LogP contribution is -2.34. The van der Waals surface area contributed by atoms with E-state index in [0.717, 1.165) is 0 Å². The van der Waals surface area contributed by atoms with Gasteiger partial charge in [-0.3, -0.25) is 8.75 Å². The maximum atomic E-state index is 12.4. The smallest absolute Gasteiger partial charge is 0.331 e. The predicted octanol–water partition coefficient (Wildman–Crippen LogP) is 1.79. The Balaban J connectivity index is 4.47. The molecule has 0 aromatic carbocycles. The number of alkyl halides is 3. The molecule has 17 heavy (non-hydrogen) atoms. The van der Waals surface area contributed by atoms with E-state index in [1.54, 1.807) is 6.92 Å². The monoisotopic (exact) mass is 298 g/mol. The maximum absolute atomic E-state index is 12.4. The normalized spacial score (nSPS) is 16.8. The van der Waals surface area contributed by atoms with Crippen molar-refractivity contribution in [2.75, 3.05) is 19.0 Å². The summed E-state index contributed by atoms with van der Waals surface area (Å²) in [4.78, 5) is 0. The van der Waals surface area contributed by atoms with Gasteiger partial charge in [0.2, 0.25) is 0 Å². The van der Waals surface area contributed by atoms with Gasteiger partial charge in [-0.05, 0) is 13.3 Å². The number of halogens is 3. The number of hydrogen-bond acceptors (Lipinski definition) is 5. The average Bonchev–Trinajstić information content (AvgIpc) is 2.09. The van der Waals surface area contributed by atoms with Crippen molar-refractivity contribution >= 4 is 18.1 Å². The third-order valence-electron chi connectivity index (χ3n) is 1.57. The zero-order chi connectivity index (χ0) is 13.7. The number of hydrogen-bond donors (Lipinski definition) is 0. The minimum absolute atomic E-state index is 0.126. The Bertz CT molecular complexity index is 353. The van der Waals surface area contributed by atoms with E-state index < -0.39 is 36.8 Å². The van der Waals surface area contributed by atoms with E-state index in [1.165, 1.54) is 0 Å². The molecule has 0 N–H and O–H groups in total. The Morgan fingerprint density at radius 2 is 1.88 bits per heavy atom. The van der Waals surface area contributed by atoms with Crippen molar-refractivity contribution in [3.8, 4) is 0 Å². The van der Waals surface area contributed by atoms with Crippen LogP contribution in [0.5, 0.6) is 0 Å².